The van der Waals surface area contributed by atoms with E-state index in [0.29, 0.717) is 19.5 Å². The average Bonchev–Trinajstić information content (AvgIpc) is 2.48. The highest BCUT2D eigenvalue weighted by atomic mass is 16.5. The minimum Gasteiger partial charge on any atom is -0.491 e. The molecule has 128 valence electrons. The van der Waals surface area contributed by atoms with Gasteiger partial charge in [0, 0.05) is 20.6 Å². The second-order valence-corrected chi connectivity index (χ2v) is 6.86. The Balaban J connectivity index is 1.92. The second kappa shape index (κ2) is 7.32. The van der Waals surface area contributed by atoms with Crippen LogP contribution < -0.4 is 4.74 Å². The van der Waals surface area contributed by atoms with Gasteiger partial charge >= 0.3 is 0 Å². The number of carbonyl (C=O) groups excluding carboxylic acids is 1. The summed E-state index contributed by atoms with van der Waals surface area (Å²) in [6.45, 7) is 6.02. The zero-order valence-electron chi connectivity index (χ0n) is 14.6. The van der Waals surface area contributed by atoms with Crippen LogP contribution in [0.4, 0.5) is 0 Å². The van der Waals surface area contributed by atoms with E-state index in [2.05, 4.69) is 6.92 Å². The molecule has 1 N–H and O–H groups in total. The molecule has 1 aliphatic heterocycles. The van der Waals surface area contributed by atoms with Gasteiger partial charge in [0.25, 0.3) is 0 Å². The molecule has 23 heavy (non-hydrogen) atoms. The summed E-state index contributed by atoms with van der Waals surface area (Å²) in [7, 11) is 3.50. The second-order valence-electron chi connectivity index (χ2n) is 6.86. The lowest BCUT2D eigenvalue weighted by Gasteiger charge is -2.38. The van der Waals surface area contributed by atoms with E-state index in [1.54, 1.807) is 19.0 Å². The number of benzene rings is 1. The SMILES string of the molecule is Cc1ccc(OCC2(O)CCCN(CC(=O)N(C)C)C2)cc1C. The van der Waals surface area contributed by atoms with Crippen molar-refractivity contribution in [2.75, 3.05) is 40.3 Å². The van der Waals surface area contributed by atoms with Crippen molar-refractivity contribution in [1.29, 1.82) is 0 Å². The number of aliphatic hydroxyl groups is 1. The quantitative estimate of drug-likeness (QED) is 0.895. The molecule has 1 aromatic rings. The molecule has 1 amide bonds. The van der Waals surface area contributed by atoms with Crippen molar-refractivity contribution in [3.8, 4) is 5.75 Å². The molecule has 1 unspecified atom stereocenters. The Morgan fingerprint density at radius 3 is 2.74 bits per heavy atom. The molecule has 1 aromatic carbocycles. The summed E-state index contributed by atoms with van der Waals surface area (Å²) in [6.07, 6.45) is 1.57. The van der Waals surface area contributed by atoms with E-state index in [0.717, 1.165) is 18.7 Å². The van der Waals surface area contributed by atoms with Gasteiger partial charge in [0.1, 0.15) is 18.0 Å². The first kappa shape index (κ1) is 17.8. The Morgan fingerprint density at radius 2 is 2.09 bits per heavy atom. The number of nitrogens with zero attached hydrogens (tertiary/aromatic N) is 2. The molecular formula is C18H28N2O3. The van der Waals surface area contributed by atoms with E-state index in [1.807, 2.05) is 30.0 Å². The summed E-state index contributed by atoms with van der Waals surface area (Å²) in [4.78, 5) is 15.4. The van der Waals surface area contributed by atoms with Gasteiger partial charge in [-0.15, -0.1) is 0 Å². The third-order valence-electron chi connectivity index (χ3n) is 4.48. The van der Waals surface area contributed by atoms with Gasteiger partial charge in [0.2, 0.25) is 5.91 Å². The molecule has 0 radical (unpaired) electrons. The highest BCUT2D eigenvalue weighted by Gasteiger charge is 2.34. The maximum Gasteiger partial charge on any atom is 0.236 e. The van der Waals surface area contributed by atoms with Gasteiger partial charge in [0.15, 0.2) is 0 Å². The van der Waals surface area contributed by atoms with Crippen LogP contribution in [0.3, 0.4) is 0 Å². The van der Waals surface area contributed by atoms with E-state index in [9.17, 15) is 9.90 Å². The van der Waals surface area contributed by atoms with Crippen LogP contribution in [0.5, 0.6) is 5.75 Å². The van der Waals surface area contributed by atoms with Crippen LogP contribution in [0, 0.1) is 13.8 Å². The third kappa shape index (κ3) is 4.94. The number of aryl methyl sites for hydroxylation is 2. The van der Waals surface area contributed by atoms with Crippen LogP contribution in [0.25, 0.3) is 0 Å². The number of ether oxygens (including phenoxy) is 1. The van der Waals surface area contributed by atoms with E-state index < -0.39 is 5.60 Å². The summed E-state index contributed by atoms with van der Waals surface area (Å²) in [6, 6.07) is 5.95. The molecule has 1 heterocycles. The topological polar surface area (TPSA) is 53.0 Å². The number of piperidine rings is 1. The maximum atomic E-state index is 11.8. The Labute approximate surface area is 138 Å². The first-order chi connectivity index (χ1) is 10.8. The lowest BCUT2D eigenvalue weighted by molar-refractivity contribution is -0.132. The average molecular weight is 320 g/mol. The van der Waals surface area contributed by atoms with E-state index in [4.69, 9.17) is 4.74 Å². The Kier molecular flexibility index (Phi) is 5.65. The van der Waals surface area contributed by atoms with Crippen LogP contribution in [-0.4, -0.2) is 66.8 Å². The molecular weight excluding hydrogens is 292 g/mol. The lowest BCUT2D eigenvalue weighted by Crippen LogP contribution is -2.53. The predicted molar refractivity (Wildman–Crippen MR) is 90.7 cm³/mol. The molecule has 0 saturated carbocycles. The Hall–Kier alpha value is -1.59. The summed E-state index contributed by atoms with van der Waals surface area (Å²) >= 11 is 0. The number of rotatable bonds is 5. The summed E-state index contributed by atoms with van der Waals surface area (Å²) in [5, 5.41) is 10.8. The van der Waals surface area contributed by atoms with E-state index >= 15 is 0 Å². The fourth-order valence-corrected chi connectivity index (χ4v) is 2.81. The fourth-order valence-electron chi connectivity index (χ4n) is 2.81. The molecule has 0 aliphatic carbocycles. The molecule has 5 heteroatoms. The molecule has 1 saturated heterocycles. The van der Waals surface area contributed by atoms with Crippen LogP contribution in [-0.2, 0) is 4.79 Å². The van der Waals surface area contributed by atoms with Crippen LogP contribution in [0.15, 0.2) is 18.2 Å². The largest absolute Gasteiger partial charge is 0.491 e. The fraction of sp³-hybridized carbons (Fsp3) is 0.611. The minimum atomic E-state index is -0.899. The number of hydrogen-bond acceptors (Lipinski definition) is 4. The van der Waals surface area contributed by atoms with E-state index in [-0.39, 0.29) is 12.5 Å². The lowest BCUT2D eigenvalue weighted by atomic mass is 9.93. The Morgan fingerprint density at radius 1 is 1.35 bits per heavy atom. The molecule has 0 bridgehead atoms. The highest BCUT2D eigenvalue weighted by molar-refractivity contribution is 5.77. The zero-order valence-corrected chi connectivity index (χ0v) is 14.6. The normalized spacial score (nSPS) is 22.0. The summed E-state index contributed by atoms with van der Waals surface area (Å²) in [5.41, 5.74) is 1.50. The van der Waals surface area contributed by atoms with Gasteiger partial charge in [-0.1, -0.05) is 6.07 Å². The van der Waals surface area contributed by atoms with Crippen LogP contribution in [0.2, 0.25) is 0 Å². The van der Waals surface area contributed by atoms with E-state index in [1.165, 1.54) is 11.1 Å². The summed E-state index contributed by atoms with van der Waals surface area (Å²) < 4.78 is 5.81. The van der Waals surface area contributed by atoms with Crippen molar-refractivity contribution in [2.45, 2.75) is 32.3 Å². The van der Waals surface area contributed by atoms with Crippen molar-refractivity contribution < 1.29 is 14.6 Å². The maximum absolute atomic E-state index is 11.8. The first-order valence-electron chi connectivity index (χ1n) is 8.14. The molecule has 5 nitrogen and oxygen atoms in total. The van der Waals surface area contributed by atoms with Crippen molar-refractivity contribution in [2.24, 2.45) is 0 Å². The van der Waals surface area contributed by atoms with Gasteiger partial charge in [-0.2, -0.15) is 0 Å². The molecule has 0 spiro atoms. The Bertz CT molecular complexity index is 559. The molecule has 2 rings (SSSR count). The molecule has 1 fully saturated rings. The van der Waals surface area contributed by atoms with Gasteiger partial charge < -0.3 is 14.7 Å². The number of likely N-dealkylation sites (tertiary alicyclic amines) is 1. The van der Waals surface area contributed by atoms with Crippen LogP contribution >= 0.6 is 0 Å². The van der Waals surface area contributed by atoms with Gasteiger partial charge in [-0.05, 0) is 56.5 Å². The van der Waals surface area contributed by atoms with Gasteiger partial charge in [-0.3, -0.25) is 9.69 Å². The number of carbonyl (C=O) groups is 1. The van der Waals surface area contributed by atoms with Crippen molar-refractivity contribution in [3.63, 3.8) is 0 Å². The molecule has 1 atom stereocenters. The van der Waals surface area contributed by atoms with Crippen LogP contribution in [0.1, 0.15) is 24.0 Å². The smallest absolute Gasteiger partial charge is 0.236 e. The van der Waals surface area contributed by atoms with Crippen molar-refractivity contribution >= 4 is 5.91 Å². The number of β-amino-alcohol motifs (C(OH)–C–C–N with tert-alkyl or cyclic N) is 1. The monoisotopic (exact) mass is 320 g/mol. The van der Waals surface area contributed by atoms with Crippen molar-refractivity contribution in [3.05, 3.63) is 29.3 Å². The summed E-state index contributed by atoms with van der Waals surface area (Å²) in [5.74, 6) is 0.840. The zero-order chi connectivity index (χ0) is 17.0. The molecule has 0 aromatic heterocycles. The molecule has 1 aliphatic rings. The number of amides is 1. The minimum absolute atomic E-state index is 0.0596. The first-order valence-corrected chi connectivity index (χ1v) is 8.14. The standard InChI is InChI=1S/C18H28N2O3/c1-14-6-7-16(10-15(14)2)23-13-18(22)8-5-9-20(12-18)11-17(21)19(3)4/h6-7,10,22H,5,8-9,11-13H2,1-4H3. The highest BCUT2D eigenvalue weighted by Crippen LogP contribution is 2.24. The predicted octanol–water partition coefficient (Wildman–Crippen LogP) is 1.60. The number of hydrogen-bond donors (Lipinski definition) is 1. The van der Waals surface area contributed by atoms with Gasteiger partial charge in [-0.25, -0.2) is 0 Å². The third-order valence-corrected chi connectivity index (χ3v) is 4.48. The van der Waals surface area contributed by atoms with Crippen molar-refractivity contribution in [1.82, 2.24) is 9.80 Å². The number of likely N-dealkylation sites (N-methyl/N-ethyl adjacent to an activating group) is 1. The van der Waals surface area contributed by atoms with Gasteiger partial charge in [0.05, 0.1) is 6.54 Å².